The number of hydrogen-bond acceptors (Lipinski definition) is 7. The van der Waals surface area contributed by atoms with E-state index in [1.54, 1.807) is 52.9 Å². The molecule has 3 heterocycles. The average Bonchev–Trinajstić information content (AvgIpc) is 3.42. The SMILES string of the molecule is CCCC(=O)N1c2ccccc2-c2c(=O)[nH]c(SC)n[n+]2[C@H]1c1ccc(-c2ccc(C(=O)OCC)cc2)o1. The summed E-state index contributed by atoms with van der Waals surface area (Å²) in [6.45, 7) is 4.01. The molecule has 1 amide bonds. The number of carbonyl (C=O) groups is 2. The van der Waals surface area contributed by atoms with E-state index < -0.39 is 6.17 Å². The minimum absolute atomic E-state index is 0.104. The number of H-pyrrole nitrogens is 1. The molecule has 38 heavy (non-hydrogen) atoms. The maximum Gasteiger partial charge on any atom is 0.338 e. The van der Waals surface area contributed by atoms with Gasteiger partial charge in [-0.05, 0) is 60.7 Å². The van der Waals surface area contributed by atoms with E-state index in [4.69, 9.17) is 14.3 Å². The molecule has 0 saturated heterocycles. The highest BCUT2D eigenvalue weighted by Gasteiger charge is 2.47. The first-order chi connectivity index (χ1) is 18.5. The van der Waals surface area contributed by atoms with E-state index in [2.05, 4.69) is 4.98 Å². The van der Waals surface area contributed by atoms with Gasteiger partial charge in [-0.3, -0.25) is 14.6 Å². The van der Waals surface area contributed by atoms with E-state index in [0.29, 0.717) is 58.6 Å². The zero-order valence-corrected chi connectivity index (χ0v) is 22.1. The second-order valence-corrected chi connectivity index (χ2v) is 9.46. The third-order valence-corrected chi connectivity index (χ3v) is 6.82. The molecule has 1 atom stereocenters. The fourth-order valence-electron chi connectivity index (χ4n) is 4.56. The summed E-state index contributed by atoms with van der Waals surface area (Å²) in [7, 11) is 0. The van der Waals surface area contributed by atoms with E-state index in [1.165, 1.54) is 11.8 Å². The number of benzene rings is 2. The number of aromatic amines is 1. The summed E-state index contributed by atoms with van der Waals surface area (Å²) in [5, 5.41) is 5.11. The van der Waals surface area contributed by atoms with Crippen molar-refractivity contribution in [1.29, 1.82) is 0 Å². The summed E-state index contributed by atoms with van der Waals surface area (Å²) < 4.78 is 12.9. The number of nitrogens with one attached hydrogen (secondary N) is 1. The van der Waals surface area contributed by atoms with Crippen LogP contribution >= 0.6 is 11.8 Å². The minimum Gasteiger partial charge on any atom is -0.462 e. The van der Waals surface area contributed by atoms with E-state index in [0.717, 1.165) is 5.56 Å². The van der Waals surface area contributed by atoms with Gasteiger partial charge in [-0.15, -0.1) is 0 Å². The van der Waals surface area contributed by atoms with Crippen molar-refractivity contribution in [2.75, 3.05) is 17.8 Å². The maximum absolute atomic E-state index is 13.5. The monoisotopic (exact) mass is 531 g/mol. The quantitative estimate of drug-likeness (QED) is 0.211. The summed E-state index contributed by atoms with van der Waals surface area (Å²) in [4.78, 5) is 43.3. The number of carbonyl (C=O) groups excluding carboxylic acids is 2. The van der Waals surface area contributed by atoms with Crippen molar-refractivity contribution in [3.05, 3.63) is 82.3 Å². The molecule has 1 N–H and O–H groups in total. The second-order valence-electron chi connectivity index (χ2n) is 8.66. The Bertz CT molecular complexity index is 1560. The lowest BCUT2D eigenvalue weighted by molar-refractivity contribution is -0.764. The molecule has 0 aliphatic carbocycles. The van der Waals surface area contributed by atoms with E-state index >= 15 is 0 Å². The first-order valence-electron chi connectivity index (χ1n) is 12.4. The number of hydrogen-bond donors (Lipinski definition) is 1. The minimum atomic E-state index is -0.806. The number of ether oxygens (including phenoxy) is 1. The van der Waals surface area contributed by atoms with Crippen LogP contribution in [0.5, 0.6) is 0 Å². The van der Waals surface area contributed by atoms with E-state index in [9.17, 15) is 14.4 Å². The second kappa shape index (κ2) is 10.7. The van der Waals surface area contributed by atoms with Crippen molar-refractivity contribution in [2.24, 2.45) is 0 Å². The Balaban J connectivity index is 1.64. The number of para-hydroxylation sites is 1. The molecule has 2 aromatic carbocycles. The van der Waals surface area contributed by atoms with Gasteiger partial charge in [0.1, 0.15) is 5.76 Å². The van der Waals surface area contributed by atoms with Gasteiger partial charge >= 0.3 is 23.4 Å². The Labute approximate surface area is 223 Å². The molecule has 0 saturated carbocycles. The molecule has 1 aliphatic rings. The number of rotatable bonds is 7. The fourth-order valence-corrected chi connectivity index (χ4v) is 4.92. The zero-order valence-electron chi connectivity index (χ0n) is 21.3. The molecular weight excluding hydrogens is 504 g/mol. The first-order valence-corrected chi connectivity index (χ1v) is 13.6. The molecule has 5 rings (SSSR count). The van der Waals surface area contributed by atoms with Crippen LogP contribution in [-0.2, 0) is 9.53 Å². The molecule has 0 fully saturated rings. The lowest BCUT2D eigenvalue weighted by Gasteiger charge is -2.30. The van der Waals surface area contributed by atoms with Gasteiger partial charge < -0.3 is 9.15 Å². The largest absolute Gasteiger partial charge is 0.462 e. The van der Waals surface area contributed by atoms with Crippen LogP contribution in [-0.4, -0.2) is 34.8 Å². The average molecular weight is 532 g/mol. The van der Waals surface area contributed by atoms with Crippen LogP contribution in [0.4, 0.5) is 5.69 Å². The highest BCUT2D eigenvalue weighted by molar-refractivity contribution is 7.98. The summed E-state index contributed by atoms with van der Waals surface area (Å²) >= 11 is 1.30. The molecule has 9 nitrogen and oxygen atoms in total. The first kappa shape index (κ1) is 25.5. The van der Waals surface area contributed by atoms with Gasteiger partial charge in [-0.2, -0.15) is 0 Å². The van der Waals surface area contributed by atoms with Crippen molar-refractivity contribution in [1.82, 2.24) is 10.1 Å². The zero-order chi connectivity index (χ0) is 26.8. The van der Waals surface area contributed by atoms with Crippen LogP contribution in [0.25, 0.3) is 22.6 Å². The smallest absolute Gasteiger partial charge is 0.338 e. The fraction of sp³-hybridized carbons (Fsp3) is 0.250. The molecule has 0 unspecified atom stereocenters. The molecule has 2 aromatic heterocycles. The Morgan fingerprint density at radius 2 is 1.87 bits per heavy atom. The van der Waals surface area contributed by atoms with Crippen LogP contribution in [0, 0.1) is 0 Å². The highest BCUT2D eigenvalue weighted by atomic mass is 32.2. The van der Waals surface area contributed by atoms with Gasteiger partial charge in [0, 0.05) is 17.1 Å². The van der Waals surface area contributed by atoms with E-state index in [1.807, 2.05) is 37.4 Å². The Morgan fingerprint density at radius 3 is 2.58 bits per heavy atom. The molecule has 1 aliphatic heterocycles. The molecule has 194 valence electrons. The lowest BCUT2D eigenvalue weighted by Crippen LogP contribution is -2.60. The third kappa shape index (κ3) is 4.51. The number of fused-ring (bicyclic) bond motifs is 3. The normalized spacial score (nSPS) is 14.1. The van der Waals surface area contributed by atoms with Gasteiger partial charge in [0.15, 0.2) is 5.76 Å². The molecule has 10 heteroatoms. The molecular formula is C28H27N4O5S+. The molecule has 0 radical (unpaired) electrons. The third-order valence-electron chi connectivity index (χ3n) is 6.25. The summed E-state index contributed by atoms with van der Waals surface area (Å²) in [6.07, 6.45) is 2.00. The van der Waals surface area contributed by atoms with Crippen LogP contribution in [0.2, 0.25) is 0 Å². The number of furan rings is 1. The summed E-state index contributed by atoms with van der Waals surface area (Å²) in [5.41, 5.74) is 2.49. The van der Waals surface area contributed by atoms with Crippen molar-refractivity contribution in [3.63, 3.8) is 0 Å². The number of esters is 1. The summed E-state index contributed by atoms with van der Waals surface area (Å²) in [6, 6.07) is 17.8. The van der Waals surface area contributed by atoms with Gasteiger partial charge in [-0.25, -0.2) is 9.69 Å². The van der Waals surface area contributed by atoms with Crippen molar-refractivity contribution in [3.8, 4) is 22.6 Å². The number of amides is 1. The number of thioether (sulfide) groups is 1. The van der Waals surface area contributed by atoms with Gasteiger partial charge in [0.05, 0.1) is 23.4 Å². The summed E-state index contributed by atoms with van der Waals surface area (Å²) in [5.74, 6) is 0.505. The van der Waals surface area contributed by atoms with Crippen molar-refractivity contribution >= 4 is 29.3 Å². The van der Waals surface area contributed by atoms with Gasteiger partial charge in [0.2, 0.25) is 11.1 Å². The number of nitrogens with zero attached hydrogens (tertiary/aromatic N) is 3. The topological polar surface area (TPSA) is 109 Å². The van der Waals surface area contributed by atoms with Crippen LogP contribution in [0.1, 0.15) is 49.0 Å². The Hall–Kier alpha value is -4.18. The van der Waals surface area contributed by atoms with Crippen LogP contribution < -0.4 is 15.1 Å². The van der Waals surface area contributed by atoms with Crippen molar-refractivity contribution in [2.45, 2.75) is 38.0 Å². The van der Waals surface area contributed by atoms with Gasteiger partial charge in [-0.1, -0.05) is 43.0 Å². The van der Waals surface area contributed by atoms with E-state index in [-0.39, 0.29) is 17.4 Å². The van der Waals surface area contributed by atoms with Crippen molar-refractivity contribution < 1.29 is 23.4 Å². The molecule has 0 spiro atoms. The highest BCUT2D eigenvalue weighted by Crippen LogP contribution is 2.39. The van der Waals surface area contributed by atoms with Crippen LogP contribution in [0.15, 0.2) is 75.0 Å². The number of aromatic nitrogens is 3. The molecule has 4 aromatic rings. The Morgan fingerprint density at radius 1 is 1.11 bits per heavy atom. The standard InChI is InChI=1S/C28H26N4O5S/c1-4-8-23(33)31-20-10-7-6-9-19(20)24-25(34)29-28(38-3)30-32(24)26(31)22-16-15-21(37-22)17-11-13-18(14-12-17)27(35)36-5-2/h6-7,9-16,26H,4-5,8H2,1-3H3/p+1/t26-/m0/s1. The molecule has 0 bridgehead atoms. The lowest BCUT2D eigenvalue weighted by atomic mass is 10.0. The van der Waals surface area contributed by atoms with Gasteiger partial charge in [0.25, 0.3) is 0 Å². The maximum atomic E-state index is 13.5. The predicted molar refractivity (Wildman–Crippen MR) is 143 cm³/mol. The predicted octanol–water partition coefficient (Wildman–Crippen LogP) is 4.58. The van der Waals surface area contributed by atoms with Crippen LogP contribution in [0.3, 0.4) is 0 Å². The number of anilines is 1. The Kier molecular flexibility index (Phi) is 7.15.